The largest absolute Gasteiger partial charge is 0.494 e. The first-order chi connectivity index (χ1) is 8.20. The van der Waals surface area contributed by atoms with Crippen molar-refractivity contribution in [3.8, 4) is 17.0 Å². The van der Waals surface area contributed by atoms with Gasteiger partial charge in [0.2, 0.25) is 0 Å². The summed E-state index contributed by atoms with van der Waals surface area (Å²) in [6, 6.07) is 7.94. The smallest absolute Gasteiger partial charge is 0.119 e. The minimum Gasteiger partial charge on any atom is -0.494 e. The van der Waals surface area contributed by atoms with Gasteiger partial charge in [0.1, 0.15) is 5.75 Å². The number of hydrogen-bond donors (Lipinski definition) is 0. The molecule has 0 fully saturated rings. The van der Waals surface area contributed by atoms with Gasteiger partial charge in [-0.15, -0.1) is 0 Å². The van der Waals surface area contributed by atoms with Gasteiger partial charge < -0.3 is 4.74 Å². The predicted molar refractivity (Wildman–Crippen MR) is 68.1 cm³/mol. The van der Waals surface area contributed by atoms with Crippen molar-refractivity contribution in [1.29, 1.82) is 0 Å². The van der Waals surface area contributed by atoms with Gasteiger partial charge >= 0.3 is 0 Å². The highest BCUT2D eigenvalue weighted by Crippen LogP contribution is 2.24. The molecule has 0 atom stereocenters. The Morgan fingerprint density at radius 1 is 1.24 bits per heavy atom. The maximum Gasteiger partial charge on any atom is 0.119 e. The Labute approximate surface area is 102 Å². The molecule has 0 aliphatic carbocycles. The van der Waals surface area contributed by atoms with E-state index in [1.54, 1.807) is 6.20 Å². The summed E-state index contributed by atoms with van der Waals surface area (Å²) in [6.07, 6.45) is 1.79. The molecular formula is C14H16N2O. The van der Waals surface area contributed by atoms with Crippen molar-refractivity contribution >= 4 is 0 Å². The minimum absolute atomic E-state index is 0.669. The van der Waals surface area contributed by atoms with E-state index in [2.05, 4.69) is 9.97 Å². The van der Waals surface area contributed by atoms with Crippen LogP contribution in [-0.2, 0) is 0 Å². The number of ether oxygens (including phenoxy) is 1. The lowest BCUT2D eigenvalue weighted by molar-refractivity contribution is 0.340. The van der Waals surface area contributed by atoms with Gasteiger partial charge in [-0.1, -0.05) is 12.1 Å². The van der Waals surface area contributed by atoms with Gasteiger partial charge in [-0.2, -0.15) is 0 Å². The molecule has 0 spiro atoms. The molecule has 0 aliphatic rings. The number of aryl methyl sites for hydroxylation is 2. The molecule has 0 saturated carbocycles. The van der Waals surface area contributed by atoms with Crippen LogP contribution in [0.2, 0.25) is 0 Å². The van der Waals surface area contributed by atoms with Crippen molar-refractivity contribution in [2.45, 2.75) is 20.8 Å². The maximum absolute atomic E-state index is 5.48. The molecule has 0 N–H and O–H groups in total. The summed E-state index contributed by atoms with van der Waals surface area (Å²) in [6.45, 7) is 6.56. The van der Waals surface area contributed by atoms with Gasteiger partial charge in [0.25, 0.3) is 0 Å². The van der Waals surface area contributed by atoms with Crippen molar-refractivity contribution in [2.24, 2.45) is 0 Å². The number of nitrogens with zero attached hydrogens (tertiary/aromatic N) is 2. The van der Waals surface area contributed by atoms with Gasteiger partial charge in [0.05, 0.1) is 23.7 Å². The Kier molecular flexibility index (Phi) is 3.38. The quantitative estimate of drug-likeness (QED) is 0.809. The second-order valence-corrected chi connectivity index (χ2v) is 3.91. The van der Waals surface area contributed by atoms with Gasteiger partial charge in [-0.25, -0.2) is 0 Å². The van der Waals surface area contributed by atoms with E-state index < -0.39 is 0 Å². The average Bonchev–Trinajstić information content (AvgIpc) is 2.29. The van der Waals surface area contributed by atoms with Crippen LogP contribution in [0.5, 0.6) is 5.75 Å². The van der Waals surface area contributed by atoms with E-state index in [0.717, 1.165) is 28.4 Å². The second kappa shape index (κ2) is 4.95. The van der Waals surface area contributed by atoms with Crippen molar-refractivity contribution < 1.29 is 4.74 Å². The lowest BCUT2D eigenvalue weighted by atomic mass is 10.1. The van der Waals surface area contributed by atoms with Crippen LogP contribution in [-0.4, -0.2) is 16.6 Å². The summed E-state index contributed by atoms with van der Waals surface area (Å²) in [5.41, 5.74) is 3.84. The molecule has 0 bridgehead atoms. The first-order valence-corrected chi connectivity index (χ1v) is 5.74. The summed E-state index contributed by atoms with van der Waals surface area (Å²) < 4.78 is 5.48. The fourth-order valence-corrected chi connectivity index (χ4v) is 1.78. The van der Waals surface area contributed by atoms with Gasteiger partial charge in [0.15, 0.2) is 0 Å². The highest BCUT2D eigenvalue weighted by molar-refractivity contribution is 5.63. The van der Waals surface area contributed by atoms with Crippen LogP contribution < -0.4 is 4.74 Å². The topological polar surface area (TPSA) is 35.0 Å². The molecule has 88 valence electrons. The summed E-state index contributed by atoms with van der Waals surface area (Å²) in [5.74, 6) is 0.867. The summed E-state index contributed by atoms with van der Waals surface area (Å²) >= 11 is 0. The van der Waals surface area contributed by atoms with Crippen molar-refractivity contribution in [3.05, 3.63) is 41.9 Å². The number of benzene rings is 1. The van der Waals surface area contributed by atoms with Gasteiger partial charge in [0, 0.05) is 11.8 Å². The molecule has 0 aliphatic heterocycles. The van der Waals surface area contributed by atoms with E-state index in [1.165, 1.54) is 0 Å². The summed E-state index contributed by atoms with van der Waals surface area (Å²) in [5, 5.41) is 0. The standard InChI is InChI=1S/C14H16N2O/c1-4-17-13-7-5-6-12(8-13)14-11(3)16-10(2)9-15-14/h5-9H,4H2,1-3H3. The first kappa shape index (κ1) is 11.6. The summed E-state index contributed by atoms with van der Waals surface area (Å²) in [7, 11) is 0. The fourth-order valence-electron chi connectivity index (χ4n) is 1.78. The molecule has 0 radical (unpaired) electrons. The van der Waals surface area contributed by atoms with E-state index in [9.17, 15) is 0 Å². The van der Waals surface area contributed by atoms with Crippen LogP contribution >= 0.6 is 0 Å². The number of rotatable bonds is 3. The molecule has 0 saturated heterocycles. The third-order valence-electron chi connectivity index (χ3n) is 2.49. The predicted octanol–water partition coefficient (Wildman–Crippen LogP) is 3.16. The monoisotopic (exact) mass is 228 g/mol. The maximum atomic E-state index is 5.48. The Hall–Kier alpha value is -1.90. The third kappa shape index (κ3) is 2.61. The van der Waals surface area contributed by atoms with E-state index in [4.69, 9.17) is 4.74 Å². The van der Waals surface area contributed by atoms with Crippen LogP contribution in [0.3, 0.4) is 0 Å². The molecule has 17 heavy (non-hydrogen) atoms. The van der Waals surface area contributed by atoms with E-state index in [0.29, 0.717) is 6.61 Å². The lowest BCUT2D eigenvalue weighted by Gasteiger charge is -2.07. The Morgan fingerprint density at radius 2 is 2.06 bits per heavy atom. The Balaban J connectivity index is 2.42. The fraction of sp³-hybridized carbons (Fsp3) is 0.286. The Morgan fingerprint density at radius 3 is 2.76 bits per heavy atom. The van der Waals surface area contributed by atoms with E-state index in [-0.39, 0.29) is 0 Å². The molecule has 3 nitrogen and oxygen atoms in total. The van der Waals surface area contributed by atoms with E-state index >= 15 is 0 Å². The molecular weight excluding hydrogens is 212 g/mol. The highest BCUT2D eigenvalue weighted by Gasteiger charge is 2.06. The minimum atomic E-state index is 0.669. The SMILES string of the molecule is CCOc1cccc(-c2ncc(C)nc2C)c1. The van der Waals surface area contributed by atoms with Crippen LogP contribution in [0.25, 0.3) is 11.3 Å². The van der Waals surface area contributed by atoms with Gasteiger partial charge in [-0.05, 0) is 32.9 Å². The molecule has 1 heterocycles. The van der Waals surface area contributed by atoms with Crippen LogP contribution in [0, 0.1) is 13.8 Å². The molecule has 1 aromatic carbocycles. The van der Waals surface area contributed by atoms with Crippen LogP contribution in [0.15, 0.2) is 30.5 Å². The van der Waals surface area contributed by atoms with E-state index in [1.807, 2.05) is 45.0 Å². The highest BCUT2D eigenvalue weighted by atomic mass is 16.5. The molecule has 2 rings (SSSR count). The zero-order valence-corrected chi connectivity index (χ0v) is 10.4. The van der Waals surface area contributed by atoms with Crippen molar-refractivity contribution in [3.63, 3.8) is 0 Å². The molecule has 3 heteroatoms. The molecule has 0 unspecified atom stereocenters. The number of aromatic nitrogens is 2. The van der Waals surface area contributed by atoms with Crippen molar-refractivity contribution in [2.75, 3.05) is 6.61 Å². The van der Waals surface area contributed by atoms with Crippen molar-refractivity contribution in [1.82, 2.24) is 9.97 Å². The molecule has 0 amide bonds. The summed E-state index contributed by atoms with van der Waals surface area (Å²) in [4.78, 5) is 8.85. The second-order valence-electron chi connectivity index (χ2n) is 3.91. The van der Waals surface area contributed by atoms with Crippen LogP contribution in [0.4, 0.5) is 0 Å². The average molecular weight is 228 g/mol. The molecule has 1 aromatic heterocycles. The van der Waals surface area contributed by atoms with Crippen LogP contribution in [0.1, 0.15) is 18.3 Å². The molecule has 2 aromatic rings. The van der Waals surface area contributed by atoms with Gasteiger partial charge in [-0.3, -0.25) is 9.97 Å². The lowest BCUT2D eigenvalue weighted by Crippen LogP contribution is -1.95. The third-order valence-corrected chi connectivity index (χ3v) is 2.49. The first-order valence-electron chi connectivity index (χ1n) is 5.74. The zero-order chi connectivity index (χ0) is 12.3. The number of hydrogen-bond acceptors (Lipinski definition) is 3. The zero-order valence-electron chi connectivity index (χ0n) is 10.4. The Bertz CT molecular complexity index is 523. The normalized spacial score (nSPS) is 10.3.